The van der Waals surface area contributed by atoms with Crippen LogP contribution in [0.1, 0.15) is 51.8 Å². The summed E-state index contributed by atoms with van der Waals surface area (Å²) in [5, 5.41) is 4.26. The van der Waals surface area contributed by atoms with Crippen LogP contribution in [0.3, 0.4) is 0 Å². The van der Waals surface area contributed by atoms with Crippen molar-refractivity contribution in [2.24, 2.45) is 0 Å². The number of aryl methyl sites for hydroxylation is 2. The van der Waals surface area contributed by atoms with E-state index < -0.39 is 16.0 Å². The van der Waals surface area contributed by atoms with Crippen molar-refractivity contribution in [3.63, 3.8) is 0 Å². The predicted octanol–water partition coefficient (Wildman–Crippen LogP) is 5.53. The van der Waals surface area contributed by atoms with E-state index >= 15 is 0 Å². The summed E-state index contributed by atoms with van der Waals surface area (Å²) in [6.07, 6.45) is 1.64. The quantitative estimate of drug-likeness (QED) is 0.259. The maximum atomic E-state index is 13.5. The number of benzene rings is 3. The fourth-order valence-electron chi connectivity index (χ4n) is 4.41. The number of ether oxygens (including phenoxy) is 1. The molecular formula is C26H24N2O6S. The Morgan fingerprint density at radius 1 is 1.11 bits per heavy atom. The van der Waals surface area contributed by atoms with Crippen LogP contribution in [0.4, 0.5) is 11.4 Å². The normalized spacial score (nSPS) is 12.8. The minimum absolute atomic E-state index is 0.0525. The van der Waals surface area contributed by atoms with Gasteiger partial charge in [-0.3, -0.25) is 9.52 Å². The van der Waals surface area contributed by atoms with E-state index in [4.69, 9.17) is 9.15 Å². The highest BCUT2D eigenvalue weighted by molar-refractivity contribution is 7.93. The van der Waals surface area contributed by atoms with Gasteiger partial charge in [-0.15, -0.1) is 0 Å². The van der Waals surface area contributed by atoms with E-state index in [1.165, 1.54) is 6.07 Å². The first kappa shape index (κ1) is 22.9. The molecule has 180 valence electrons. The Bertz CT molecular complexity index is 1640. The van der Waals surface area contributed by atoms with Crippen LogP contribution < -0.4 is 10.0 Å². The van der Waals surface area contributed by atoms with Crippen LogP contribution in [0.2, 0.25) is 0 Å². The molecule has 0 fully saturated rings. The number of unbranched alkanes of at least 4 members (excludes halogenated alkanes) is 1. The van der Waals surface area contributed by atoms with Gasteiger partial charge in [-0.05, 0) is 56.2 Å². The van der Waals surface area contributed by atoms with Crippen molar-refractivity contribution in [2.75, 3.05) is 16.6 Å². The van der Waals surface area contributed by atoms with E-state index in [1.54, 1.807) is 50.2 Å². The average molecular weight is 493 g/mol. The molecule has 0 aliphatic carbocycles. The molecule has 1 aliphatic heterocycles. The van der Waals surface area contributed by atoms with Gasteiger partial charge in [0.15, 0.2) is 0 Å². The molecule has 9 heteroatoms. The molecule has 0 bridgehead atoms. The van der Waals surface area contributed by atoms with Gasteiger partial charge in [-0.2, -0.15) is 0 Å². The Morgan fingerprint density at radius 3 is 2.69 bits per heavy atom. The number of fused-ring (bicyclic) bond motifs is 1. The Labute approximate surface area is 202 Å². The largest absolute Gasteiger partial charge is 0.462 e. The van der Waals surface area contributed by atoms with E-state index in [0.29, 0.717) is 56.6 Å². The number of nitrogens with one attached hydrogen (secondary N) is 2. The molecule has 0 saturated carbocycles. The van der Waals surface area contributed by atoms with Crippen LogP contribution in [0.15, 0.2) is 51.8 Å². The molecule has 3 aromatic carbocycles. The first-order valence-electron chi connectivity index (χ1n) is 11.3. The number of carbonyl (C=O) groups is 2. The number of rotatable bonds is 7. The highest BCUT2D eigenvalue weighted by Crippen LogP contribution is 2.38. The lowest BCUT2D eigenvalue weighted by atomic mass is 10.1. The molecule has 5 rings (SSSR count). The minimum Gasteiger partial charge on any atom is -0.462 e. The molecule has 1 aromatic heterocycles. The molecule has 1 amide bonds. The van der Waals surface area contributed by atoms with E-state index in [9.17, 15) is 18.0 Å². The zero-order valence-corrected chi connectivity index (χ0v) is 20.3. The zero-order valence-electron chi connectivity index (χ0n) is 19.5. The topological polar surface area (TPSA) is 115 Å². The summed E-state index contributed by atoms with van der Waals surface area (Å²) >= 11 is 0. The number of anilines is 2. The predicted molar refractivity (Wildman–Crippen MR) is 134 cm³/mol. The number of sulfonamides is 1. The highest BCUT2D eigenvalue weighted by Gasteiger charge is 2.27. The zero-order chi connectivity index (χ0) is 24.9. The van der Waals surface area contributed by atoms with Crippen LogP contribution >= 0.6 is 0 Å². The number of furan rings is 1. The fourth-order valence-corrected chi connectivity index (χ4v) is 5.74. The van der Waals surface area contributed by atoms with Crippen molar-refractivity contribution in [3.8, 4) is 0 Å². The molecule has 2 heterocycles. The van der Waals surface area contributed by atoms with Crippen LogP contribution in [0, 0.1) is 13.8 Å². The molecule has 0 radical (unpaired) electrons. The van der Waals surface area contributed by atoms with Crippen LogP contribution in [0.25, 0.3) is 21.7 Å². The van der Waals surface area contributed by atoms with Gasteiger partial charge in [0.25, 0.3) is 15.9 Å². The second-order valence-electron chi connectivity index (χ2n) is 8.59. The molecule has 4 aromatic rings. The number of hydrogen-bond donors (Lipinski definition) is 2. The first-order chi connectivity index (χ1) is 16.7. The molecule has 35 heavy (non-hydrogen) atoms. The van der Waals surface area contributed by atoms with Crippen LogP contribution in [0.5, 0.6) is 0 Å². The SMILES string of the molecule is CCCCOC(=O)c1c(C)oc2cc(C)c(NS(=O)(=O)c3ccc4c5c(cccc35)C(=O)N4)cc12. The maximum Gasteiger partial charge on any atom is 0.342 e. The monoisotopic (exact) mass is 492 g/mol. The molecule has 0 spiro atoms. The third kappa shape index (κ3) is 3.81. The van der Waals surface area contributed by atoms with Crippen molar-refractivity contribution in [1.29, 1.82) is 0 Å². The Kier molecular flexibility index (Phi) is 5.52. The smallest absolute Gasteiger partial charge is 0.342 e. The number of hydrogen-bond acceptors (Lipinski definition) is 6. The highest BCUT2D eigenvalue weighted by atomic mass is 32.2. The maximum absolute atomic E-state index is 13.5. The average Bonchev–Trinajstić information content (AvgIpc) is 3.30. The van der Waals surface area contributed by atoms with Gasteiger partial charge >= 0.3 is 5.97 Å². The standard InChI is InChI=1S/C26H24N2O6S/c1-4-5-11-33-26(30)23-15(3)34-21-12-14(2)20(13-18(21)23)28-35(31,32)22-10-9-19-24-16(22)7-6-8-17(24)25(29)27-19/h6-10,12-13,28H,4-5,11H2,1-3H3,(H,27,29). The van der Waals surface area contributed by atoms with Crippen molar-refractivity contribution in [1.82, 2.24) is 0 Å². The van der Waals surface area contributed by atoms with Gasteiger partial charge in [-0.1, -0.05) is 25.5 Å². The van der Waals surface area contributed by atoms with Gasteiger partial charge in [0.05, 0.1) is 17.2 Å². The van der Waals surface area contributed by atoms with Crippen molar-refractivity contribution in [3.05, 3.63) is 64.9 Å². The second kappa shape index (κ2) is 8.42. The van der Waals surface area contributed by atoms with Crippen molar-refractivity contribution in [2.45, 2.75) is 38.5 Å². The summed E-state index contributed by atoms with van der Waals surface area (Å²) < 4.78 is 40.8. The van der Waals surface area contributed by atoms with E-state index in [2.05, 4.69) is 10.0 Å². The summed E-state index contributed by atoms with van der Waals surface area (Å²) in [7, 11) is -4.03. The van der Waals surface area contributed by atoms with E-state index in [1.807, 2.05) is 6.92 Å². The number of esters is 1. The summed E-state index contributed by atoms with van der Waals surface area (Å²) in [6.45, 7) is 5.74. The molecule has 0 unspecified atom stereocenters. The van der Waals surface area contributed by atoms with E-state index in [-0.39, 0.29) is 16.4 Å². The summed E-state index contributed by atoms with van der Waals surface area (Å²) in [5.74, 6) is -0.356. The van der Waals surface area contributed by atoms with Gasteiger partial charge in [0, 0.05) is 27.4 Å². The van der Waals surface area contributed by atoms with Gasteiger partial charge < -0.3 is 14.5 Å². The molecule has 8 nitrogen and oxygen atoms in total. The second-order valence-corrected chi connectivity index (χ2v) is 10.2. The van der Waals surface area contributed by atoms with Gasteiger partial charge in [0.1, 0.15) is 16.9 Å². The molecule has 1 aliphatic rings. The van der Waals surface area contributed by atoms with Crippen LogP contribution in [-0.4, -0.2) is 26.9 Å². The lowest BCUT2D eigenvalue weighted by Crippen LogP contribution is -2.14. The molecule has 0 saturated heterocycles. The Balaban J connectivity index is 1.56. The fraction of sp³-hybridized carbons (Fsp3) is 0.231. The Morgan fingerprint density at radius 2 is 1.91 bits per heavy atom. The van der Waals surface area contributed by atoms with Gasteiger partial charge in [0.2, 0.25) is 0 Å². The van der Waals surface area contributed by atoms with Crippen molar-refractivity contribution < 1.29 is 27.2 Å². The molecular weight excluding hydrogens is 468 g/mol. The third-order valence-electron chi connectivity index (χ3n) is 6.17. The van der Waals surface area contributed by atoms with Crippen molar-refractivity contribution >= 4 is 55.0 Å². The number of carbonyl (C=O) groups excluding carboxylic acids is 2. The van der Waals surface area contributed by atoms with E-state index in [0.717, 1.165) is 12.8 Å². The summed E-state index contributed by atoms with van der Waals surface area (Å²) in [4.78, 5) is 25.0. The minimum atomic E-state index is -4.03. The van der Waals surface area contributed by atoms with Gasteiger partial charge in [-0.25, -0.2) is 13.2 Å². The third-order valence-corrected chi connectivity index (χ3v) is 7.60. The molecule has 0 atom stereocenters. The summed E-state index contributed by atoms with van der Waals surface area (Å²) in [6, 6.07) is 11.4. The molecule has 2 N–H and O–H groups in total. The first-order valence-corrected chi connectivity index (χ1v) is 12.8. The number of amides is 1. The lowest BCUT2D eigenvalue weighted by Gasteiger charge is -2.13. The Hall–Kier alpha value is -3.85. The lowest BCUT2D eigenvalue weighted by molar-refractivity contribution is 0.0499. The summed E-state index contributed by atoms with van der Waals surface area (Å²) in [5.41, 5.74) is 2.72. The van der Waals surface area contributed by atoms with Crippen LogP contribution in [-0.2, 0) is 14.8 Å².